The van der Waals surface area contributed by atoms with Crippen LogP contribution in [0.2, 0.25) is 0 Å². The Morgan fingerprint density at radius 1 is 1.44 bits per heavy atom. The fraction of sp³-hybridized carbons (Fsp3) is 0.846. The van der Waals surface area contributed by atoms with Crippen molar-refractivity contribution in [1.29, 1.82) is 0 Å². The Morgan fingerprint density at radius 2 is 2.11 bits per heavy atom. The van der Waals surface area contributed by atoms with Crippen molar-refractivity contribution in [3.8, 4) is 0 Å². The Labute approximate surface area is 109 Å². The van der Waals surface area contributed by atoms with Gasteiger partial charge in [0.1, 0.15) is 0 Å². The number of nitrogens with zero attached hydrogens (tertiary/aromatic N) is 2. The Hall–Kier alpha value is -1.26. The minimum atomic E-state index is -0.853. The van der Waals surface area contributed by atoms with Crippen molar-refractivity contribution >= 4 is 12.0 Å². The number of likely N-dealkylation sites (tertiary alicyclic amines) is 1. The standard InChI is InChI=1S/C13H24N2O3/c1-4-11-6-7-15(9-11)13(18)14(5-2)8-10(3)12(16)17/h10-11H,4-9H2,1-3H3,(H,16,17). The minimum absolute atomic E-state index is 0.0125. The van der Waals surface area contributed by atoms with E-state index in [2.05, 4.69) is 6.92 Å². The zero-order chi connectivity index (χ0) is 13.7. The van der Waals surface area contributed by atoms with Crippen LogP contribution in [0.1, 0.15) is 33.6 Å². The first-order chi connectivity index (χ1) is 8.49. The SMILES string of the molecule is CCC1CCN(C(=O)N(CC)CC(C)C(=O)O)C1. The van der Waals surface area contributed by atoms with Crippen molar-refractivity contribution in [3.05, 3.63) is 0 Å². The van der Waals surface area contributed by atoms with Gasteiger partial charge >= 0.3 is 12.0 Å². The molecule has 2 unspecified atom stereocenters. The smallest absolute Gasteiger partial charge is 0.320 e. The van der Waals surface area contributed by atoms with Crippen molar-refractivity contribution in [3.63, 3.8) is 0 Å². The molecular formula is C13H24N2O3. The van der Waals surface area contributed by atoms with E-state index in [0.29, 0.717) is 12.5 Å². The molecule has 5 heteroatoms. The maximum absolute atomic E-state index is 12.3. The monoisotopic (exact) mass is 256 g/mol. The van der Waals surface area contributed by atoms with Crippen molar-refractivity contribution in [1.82, 2.24) is 9.80 Å². The zero-order valence-corrected chi connectivity index (χ0v) is 11.6. The van der Waals surface area contributed by atoms with Crippen molar-refractivity contribution in [2.45, 2.75) is 33.6 Å². The van der Waals surface area contributed by atoms with Gasteiger partial charge in [-0.15, -0.1) is 0 Å². The van der Waals surface area contributed by atoms with E-state index in [1.54, 1.807) is 11.8 Å². The van der Waals surface area contributed by atoms with E-state index >= 15 is 0 Å². The molecule has 0 bridgehead atoms. The molecule has 104 valence electrons. The molecule has 18 heavy (non-hydrogen) atoms. The molecule has 0 aliphatic carbocycles. The lowest BCUT2D eigenvalue weighted by Crippen LogP contribution is -2.44. The van der Waals surface area contributed by atoms with E-state index in [4.69, 9.17) is 5.11 Å². The lowest BCUT2D eigenvalue weighted by molar-refractivity contribution is -0.141. The van der Waals surface area contributed by atoms with E-state index in [-0.39, 0.29) is 12.6 Å². The molecule has 0 aromatic carbocycles. The summed E-state index contributed by atoms with van der Waals surface area (Å²) in [6, 6.07) is -0.0125. The van der Waals surface area contributed by atoms with Gasteiger partial charge in [-0.2, -0.15) is 0 Å². The predicted molar refractivity (Wildman–Crippen MR) is 69.4 cm³/mol. The molecule has 1 fully saturated rings. The first-order valence-electron chi connectivity index (χ1n) is 6.76. The van der Waals surface area contributed by atoms with Crippen molar-refractivity contribution in [2.75, 3.05) is 26.2 Å². The quantitative estimate of drug-likeness (QED) is 0.817. The third-order valence-electron chi connectivity index (χ3n) is 3.70. The summed E-state index contributed by atoms with van der Waals surface area (Å²) in [6.07, 6.45) is 2.16. The summed E-state index contributed by atoms with van der Waals surface area (Å²) in [4.78, 5) is 26.6. The van der Waals surface area contributed by atoms with Crippen molar-refractivity contribution < 1.29 is 14.7 Å². The van der Waals surface area contributed by atoms with Crippen LogP contribution in [0, 0.1) is 11.8 Å². The van der Waals surface area contributed by atoms with Gasteiger partial charge < -0.3 is 14.9 Å². The molecule has 0 spiro atoms. The molecule has 1 heterocycles. The number of aliphatic carboxylic acids is 1. The number of carboxylic acids is 1. The van der Waals surface area contributed by atoms with Gasteiger partial charge in [-0.3, -0.25) is 4.79 Å². The van der Waals surface area contributed by atoms with Gasteiger partial charge in [0.05, 0.1) is 5.92 Å². The Kier molecular flexibility index (Phi) is 5.44. The first kappa shape index (κ1) is 14.8. The topological polar surface area (TPSA) is 60.9 Å². The van der Waals surface area contributed by atoms with E-state index < -0.39 is 11.9 Å². The van der Waals surface area contributed by atoms with Crippen LogP contribution >= 0.6 is 0 Å². The normalized spacial score (nSPS) is 20.8. The van der Waals surface area contributed by atoms with Crippen LogP contribution in [-0.2, 0) is 4.79 Å². The van der Waals surface area contributed by atoms with Gasteiger partial charge in [-0.25, -0.2) is 4.79 Å². The average Bonchev–Trinajstić information content (AvgIpc) is 2.83. The van der Waals surface area contributed by atoms with Crippen LogP contribution in [0.5, 0.6) is 0 Å². The Morgan fingerprint density at radius 3 is 2.56 bits per heavy atom. The summed E-state index contributed by atoms with van der Waals surface area (Å²) in [5.74, 6) is -0.767. The molecule has 0 aromatic rings. The minimum Gasteiger partial charge on any atom is -0.481 e. The van der Waals surface area contributed by atoms with Crippen molar-refractivity contribution in [2.24, 2.45) is 11.8 Å². The highest BCUT2D eigenvalue weighted by molar-refractivity contribution is 5.76. The number of rotatable bonds is 5. The van der Waals surface area contributed by atoms with E-state index in [1.165, 1.54) is 0 Å². The number of carbonyl (C=O) groups excluding carboxylic acids is 1. The summed E-state index contributed by atoms with van der Waals surface area (Å²) in [5, 5.41) is 8.90. The van der Waals surface area contributed by atoms with Crippen LogP contribution in [0.3, 0.4) is 0 Å². The second kappa shape index (κ2) is 6.61. The van der Waals surface area contributed by atoms with Gasteiger partial charge in [0.15, 0.2) is 0 Å². The molecule has 5 nitrogen and oxygen atoms in total. The fourth-order valence-electron chi connectivity index (χ4n) is 2.29. The lowest BCUT2D eigenvalue weighted by atomic mass is 10.1. The third-order valence-corrected chi connectivity index (χ3v) is 3.70. The van der Waals surface area contributed by atoms with E-state index in [1.807, 2.05) is 11.8 Å². The molecule has 1 aliphatic heterocycles. The summed E-state index contributed by atoms with van der Waals surface area (Å²) in [6.45, 7) is 8.13. The van der Waals surface area contributed by atoms with Crippen LogP contribution in [-0.4, -0.2) is 53.1 Å². The second-order valence-corrected chi connectivity index (χ2v) is 5.07. The van der Waals surface area contributed by atoms with E-state index in [9.17, 15) is 9.59 Å². The molecule has 1 N–H and O–H groups in total. The molecule has 2 amide bonds. The number of urea groups is 1. The van der Waals surface area contributed by atoms with Crippen LogP contribution in [0.25, 0.3) is 0 Å². The summed E-state index contributed by atoms with van der Waals surface area (Å²) in [5.41, 5.74) is 0. The molecule has 2 atom stereocenters. The molecule has 1 rings (SSSR count). The third kappa shape index (κ3) is 3.62. The summed E-state index contributed by atoms with van der Waals surface area (Å²) < 4.78 is 0. The fourth-order valence-corrected chi connectivity index (χ4v) is 2.29. The predicted octanol–water partition coefficient (Wildman–Crippen LogP) is 1.88. The average molecular weight is 256 g/mol. The highest BCUT2D eigenvalue weighted by Gasteiger charge is 2.29. The largest absolute Gasteiger partial charge is 0.481 e. The number of hydrogen-bond donors (Lipinski definition) is 1. The maximum atomic E-state index is 12.3. The highest BCUT2D eigenvalue weighted by atomic mass is 16.4. The van der Waals surface area contributed by atoms with Crippen LogP contribution < -0.4 is 0 Å². The van der Waals surface area contributed by atoms with Gasteiger partial charge in [-0.05, 0) is 19.3 Å². The van der Waals surface area contributed by atoms with Crippen LogP contribution in [0.4, 0.5) is 4.79 Å². The first-order valence-corrected chi connectivity index (χ1v) is 6.76. The van der Waals surface area contributed by atoms with Gasteiger partial charge in [0.2, 0.25) is 0 Å². The van der Waals surface area contributed by atoms with Crippen LogP contribution in [0.15, 0.2) is 0 Å². The zero-order valence-electron chi connectivity index (χ0n) is 11.6. The van der Waals surface area contributed by atoms with Gasteiger partial charge in [-0.1, -0.05) is 20.3 Å². The van der Waals surface area contributed by atoms with Gasteiger partial charge in [0.25, 0.3) is 0 Å². The summed E-state index contributed by atoms with van der Waals surface area (Å²) in [7, 11) is 0. The molecule has 1 aliphatic rings. The molecular weight excluding hydrogens is 232 g/mol. The Bertz CT molecular complexity index is 307. The second-order valence-electron chi connectivity index (χ2n) is 5.07. The molecule has 1 saturated heterocycles. The number of amides is 2. The van der Waals surface area contributed by atoms with Gasteiger partial charge in [0, 0.05) is 26.2 Å². The van der Waals surface area contributed by atoms with E-state index in [0.717, 1.165) is 25.9 Å². The number of carbonyl (C=O) groups is 2. The number of hydrogen-bond acceptors (Lipinski definition) is 2. The molecule has 0 aromatic heterocycles. The number of carboxylic acid groups (broad SMARTS) is 1. The lowest BCUT2D eigenvalue weighted by Gasteiger charge is -2.28. The maximum Gasteiger partial charge on any atom is 0.320 e. The summed E-state index contributed by atoms with van der Waals surface area (Å²) >= 11 is 0. The highest BCUT2D eigenvalue weighted by Crippen LogP contribution is 2.20. The molecule has 0 radical (unpaired) electrons. The Balaban J connectivity index is 2.54. The molecule has 0 saturated carbocycles.